The topological polar surface area (TPSA) is 43.4 Å². The fraction of sp³-hybridized carbons (Fsp3) is 0.212. The van der Waals surface area contributed by atoms with Crippen LogP contribution in [-0.4, -0.2) is 22.8 Å². The van der Waals surface area contributed by atoms with E-state index in [1.54, 1.807) is 24.3 Å². The van der Waals surface area contributed by atoms with E-state index in [1.807, 2.05) is 0 Å². The number of benzene rings is 4. The van der Waals surface area contributed by atoms with Gasteiger partial charge in [-0.3, -0.25) is 4.79 Å². The Hall–Kier alpha value is -2.97. The summed E-state index contributed by atoms with van der Waals surface area (Å²) in [5.74, 6) is -0.560. The maximum atomic E-state index is 12.4. The number of ketones is 1. The van der Waals surface area contributed by atoms with Crippen molar-refractivity contribution in [3.05, 3.63) is 126 Å². The van der Waals surface area contributed by atoms with Crippen LogP contribution in [-0.2, 0) is 16.1 Å². The Balaban J connectivity index is 1.35. The average Bonchev–Trinajstić information content (AvgIpc) is 2.99. The maximum absolute atomic E-state index is 12.4. The summed E-state index contributed by atoms with van der Waals surface area (Å²) in [6.07, 6.45) is 4.20. The Labute approximate surface area is 241 Å². The van der Waals surface area contributed by atoms with E-state index in [0.717, 1.165) is 31.0 Å². The quantitative estimate of drug-likeness (QED) is 0.0563. The number of hydrogen-bond donors (Lipinski definition) is 0. The monoisotopic (exact) mass is 578 g/mol. The fourth-order valence-electron chi connectivity index (χ4n) is 5.06. The van der Waals surface area contributed by atoms with Crippen molar-refractivity contribution in [3.63, 3.8) is 0 Å². The number of carbonyl (C=O) groups is 2. The van der Waals surface area contributed by atoms with Crippen LogP contribution in [0.4, 0.5) is 0 Å². The van der Waals surface area contributed by atoms with Crippen LogP contribution in [0.5, 0.6) is 0 Å². The summed E-state index contributed by atoms with van der Waals surface area (Å²) in [7, 11) is -2.24. The first kappa shape index (κ1) is 29.0. The third kappa shape index (κ3) is 7.57. The first-order valence-corrected chi connectivity index (χ1v) is 16.3. The molecule has 0 N–H and O–H groups in total. The zero-order chi connectivity index (χ0) is 27.5. The molecule has 0 heterocycles. The van der Waals surface area contributed by atoms with Gasteiger partial charge in [-0.25, -0.2) is 0 Å². The molecular formula is C33H33Cl2O3P. The van der Waals surface area contributed by atoms with E-state index in [2.05, 4.69) is 91.0 Å². The van der Waals surface area contributed by atoms with Gasteiger partial charge in [-0.05, 0) is 0 Å². The van der Waals surface area contributed by atoms with Gasteiger partial charge in [-0.2, -0.15) is 0 Å². The Bertz CT molecular complexity index is 1230. The van der Waals surface area contributed by atoms with E-state index in [-0.39, 0.29) is 18.4 Å². The van der Waals surface area contributed by atoms with Crippen LogP contribution >= 0.6 is 30.5 Å². The van der Waals surface area contributed by atoms with E-state index < -0.39 is 12.1 Å². The number of alkyl halides is 2. The van der Waals surface area contributed by atoms with Gasteiger partial charge >= 0.3 is 204 Å². The Morgan fingerprint density at radius 2 is 1.13 bits per heavy atom. The molecule has 0 bridgehead atoms. The minimum atomic E-state index is -2.24. The van der Waals surface area contributed by atoms with Crippen LogP contribution in [0.25, 0.3) is 0 Å². The standard InChI is InChI=1S/C33H33Cl2O3P/c34-33(35)32(37)27-22-20-26(21-23-27)25-38-31(36)19-11-4-12-24-39(28-13-5-1-6-14-28,29-15-7-2-8-16-29)30-17-9-3-10-18-30/h1-3,5-10,13-18,20-23,33,39H,4,11-12,19,24-25H2. The zero-order valence-corrected chi connectivity index (χ0v) is 24.3. The third-order valence-corrected chi connectivity index (χ3v) is 12.5. The van der Waals surface area contributed by atoms with E-state index >= 15 is 0 Å². The summed E-state index contributed by atoms with van der Waals surface area (Å²) < 4.78 is 5.46. The molecule has 0 fully saturated rings. The zero-order valence-electron chi connectivity index (χ0n) is 21.8. The number of hydrogen-bond acceptors (Lipinski definition) is 3. The van der Waals surface area contributed by atoms with Crippen molar-refractivity contribution < 1.29 is 14.3 Å². The van der Waals surface area contributed by atoms with Gasteiger partial charge in [0, 0.05) is 0 Å². The molecule has 39 heavy (non-hydrogen) atoms. The second-order valence-electron chi connectivity index (χ2n) is 9.59. The molecule has 0 aliphatic rings. The van der Waals surface area contributed by atoms with Gasteiger partial charge < -0.3 is 0 Å². The number of rotatable bonds is 13. The molecule has 6 heteroatoms. The Kier molecular flexibility index (Phi) is 10.7. The van der Waals surface area contributed by atoms with Crippen molar-refractivity contribution in [3.8, 4) is 0 Å². The van der Waals surface area contributed by atoms with E-state index in [9.17, 15) is 9.59 Å². The van der Waals surface area contributed by atoms with Crippen molar-refractivity contribution >= 4 is 58.1 Å². The number of carbonyl (C=O) groups excluding carboxylic acids is 2. The second kappa shape index (κ2) is 14.4. The second-order valence-corrected chi connectivity index (χ2v) is 14.7. The number of esters is 1. The first-order chi connectivity index (χ1) is 19.0. The first-order valence-electron chi connectivity index (χ1n) is 13.2. The van der Waals surface area contributed by atoms with Crippen LogP contribution in [0.15, 0.2) is 115 Å². The summed E-state index contributed by atoms with van der Waals surface area (Å²) in [5, 5.41) is 4.21. The number of ether oxygens (including phenoxy) is 1. The molecule has 0 radical (unpaired) electrons. The molecule has 0 atom stereocenters. The van der Waals surface area contributed by atoms with Crippen LogP contribution in [0.1, 0.15) is 41.6 Å². The molecule has 0 aliphatic heterocycles. The van der Waals surface area contributed by atoms with Crippen LogP contribution in [0, 0.1) is 0 Å². The number of Topliss-reactive ketones (excluding diaryl/α,β-unsaturated/α-hetero) is 1. The molecular weight excluding hydrogens is 546 g/mol. The minimum absolute atomic E-state index is 0.171. The van der Waals surface area contributed by atoms with Crippen LogP contribution in [0.2, 0.25) is 0 Å². The van der Waals surface area contributed by atoms with Gasteiger partial charge in [-0.15, -0.1) is 0 Å². The van der Waals surface area contributed by atoms with Crippen molar-refractivity contribution in [2.24, 2.45) is 0 Å². The molecule has 0 unspecified atom stereocenters. The van der Waals surface area contributed by atoms with Gasteiger partial charge in [0.15, 0.2) is 10.6 Å². The fourth-order valence-corrected chi connectivity index (χ4v) is 10.2. The van der Waals surface area contributed by atoms with E-state index in [0.29, 0.717) is 12.0 Å². The Morgan fingerprint density at radius 1 is 0.641 bits per heavy atom. The summed E-state index contributed by atoms with van der Waals surface area (Å²) in [4.78, 5) is 23.2. The van der Waals surface area contributed by atoms with Gasteiger partial charge in [0.2, 0.25) is 0 Å². The summed E-state index contributed by atoms with van der Waals surface area (Å²) in [5.41, 5.74) is 1.24. The summed E-state index contributed by atoms with van der Waals surface area (Å²) in [6.45, 7) is 0.171. The molecule has 4 aromatic rings. The van der Waals surface area contributed by atoms with E-state index in [1.165, 1.54) is 15.9 Å². The Morgan fingerprint density at radius 3 is 1.59 bits per heavy atom. The molecule has 4 aromatic carbocycles. The molecule has 202 valence electrons. The normalized spacial score (nSPS) is 11.8. The van der Waals surface area contributed by atoms with Crippen molar-refractivity contribution in [1.82, 2.24) is 0 Å². The molecule has 0 saturated heterocycles. The molecule has 0 saturated carbocycles. The predicted octanol–water partition coefficient (Wildman–Crippen LogP) is 7.00. The van der Waals surface area contributed by atoms with E-state index in [4.69, 9.17) is 27.9 Å². The average molecular weight is 580 g/mol. The van der Waals surface area contributed by atoms with Crippen LogP contribution < -0.4 is 15.9 Å². The van der Waals surface area contributed by atoms with Crippen molar-refractivity contribution in [2.45, 2.75) is 37.1 Å². The molecule has 0 aliphatic carbocycles. The van der Waals surface area contributed by atoms with Crippen LogP contribution in [0.3, 0.4) is 0 Å². The van der Waals surface area contributed by atoms with Gasteiger partial charge in [-0.1, -0.05) is 23.2 Å². The predicted molar refractivity (Wildman–Crippen MR) is 166 cm³/mol. The number of unbranched alkanes of at least 4 members (excludes halogenated alkanes) is 2. The molecule has 3 nitrogen and oxygen atoms in total. The molecule has 4 rings (SSSR count). The van der Waals surface area contributed by atoms with Gasteiger partial charge in [0.05, 0.1) is 0 Å². The summed E-state index contributed by atoms with van der Waals surface area (Å²) in [6, 6.07) is 39.5. The summed E-state index contributed by atoms with van der Waals surface area (Å²) >= 11 is 11.3. The van der Waals surface area contributed by atoms with Gasteiger partial charge in [0.25, 0.3) is 0 Å². The van der Waals surface area contributed by atoms with Crippen molar-refractivity contribution in [2.75, 3.05) is 6.16 Å². The SMILES string of the molecule is O=C(CCCCC[PH](c1ccccc1)(c1ccccc1)c1ccccc1)OCc1ccc(C(=O)C(Cl)Cl)cc1. The molecule has 0 amide bonds. The molecule has 0 spiro atoms. The molecule has 0 aromatic heterocycles. The number of halogens is 2. The third-order valence-electron chi connectivity index (χ3n) is 7.07. The van der Waals surface area contributed by atoms with Crippen molar-refractivity contribution in [1.29, 1.82) is 0 Å². The van der Waals surface area contributed by atoms with Gasteiger partial charge in [0.1, 0.15) is 0 Å².